The lowest BCUT2D eigenvalue weighted by atomic mass is 10.2. The smallest absolute Gasteiger partial charge is 0.272 e. The lowest BCUT2D eigenvalue weighted by Gasteiger charge is -2.21. The molecule has 0 aliphatic heterocycles. The van der Waals surface area contributed by atoms with Crippen LogP contribution in [0.4, 0.5) is 8.78 Å². The Labute approximate surface area is 131 Å². The average Bonchev–Trinajstić information content (AvgIpc) is 2.96. The van der Waals surface area contributed by atoms with E-state index in [2.05, 4.69) is 10.1 Å². The number of halogens is 2. The molecule has 3 rings (SSSR count). The van der Waals surface area contributed by atoms with Crippen molar-refractivity contribution < 1.29 is 8.78 Å². The molecule has 0 amide bonds. The average molecular weight is 318 g/mol. The second-order valence-corrected chi connectivity index (χ2v) is 5.29. The first-order valence-corrected chi connectivity index (χ1v) is 7.22. The van der Waals surface area contributed by atoms with Crippen LogP contribution >= 0.6 is 0 Å². The fourth-order valence-electron chi connectivity index (χ4n) is 2.51. The maximum absolute atomic E-state index is 12.8. The Morgan fingerprint density at radius 3 is 2.70 bits per heavy atom. The number of hydrogen-bond acceptors (Lipinski definition) is 3. The lowest BCUT2D eigenvalue weighted by Crippen LogP contribution is -2.29. The van der Waals surface area contributed by atoms with Gasteiger partial charge in [-0.2, -0.15) is 0 Å². The molecule has 0 radical (unpaired) electrons. The van der Waals surface area contributed by atoms with Gasteiger partial charge in [0, 0.05) is 31.4 Å². The van der Waals surface area contributed by atoms with Crippen LogP contribution < -0.4 is 5.56 Å². The molecule has 0 unspecified atom stereocenters. The van der Waals surface area contributed by atoms with Gasteiger partial charge in [0.1, 0.15) is 0 Å². The van der Waals surface area contributed by atoms with Gasteiger partial charge in [0.15, 0.2) is 5.65 Å². The van der Waals surface area contributed by atoms with E-state index in [-0.39, 0.29) is 18.6 Å². The zero-order valence-electron chi connectivity index (χ0n) is 12.3. The topological polar surface area (TPSA) is 53.4 Å². The molecule has 0 spiro atoms. The fraction of sp³-hybridized carbons (Fsp3) is 0.250. The normalized spacial score (nSPS) is 11.7. The van der Waals surface area contributed by atoms with Crippen LogP contribution in [0.2, 0.25) is 0 Å². The highest BCUT2D eigenvalue weighted by Crippen LogP contribution is 2.11. The van der Waals surface area contributed by atoms with E-state index in [1.807, 2.05) is 30.3 Å². The van der Waals surface area contributed by atoms with Crippen molar-refractivity contribution in [2.45, 2.75) is 19.5 Å². The molecule has 0 aliphatic carbocycles. The van der Waals surface area contributed by atoms with Crippen LogP contribution in [0, 0.1) is 0 Å². The molecule has 7 heteroatoms. The monoisotopic (exact) mass is 318 g/mol. The number of aromatic amines is 1. The molecule has 1 N–H and O–H groups in total. The number of nitrogens with zero attached hydrogens (tertiary/aromatic N) is 3. The van der Waals surface area contributed by atoms with E-state index in [1.54, 1.807) is 17.2 Å². The van der Waals surface area contributed by atoms with Gasteiger partial charge in [-0.15, -0.1) is 0 Å². The highest BCUT2D eigenvalue weighted by Gasteiger charge is 2.15. The summed E-state index contributed by atoms with van der Waals surface area (Å²) in [6, 6.07) is 12.4. The minimum absolute atomic E-state index is 0.191. The molecule has 23 heavy (non-hydrogen) atoms. The molecule has 0 saturated heterocycles. The molecule has 2 aromatic heterocycles. The van der Waals surface area contributed by atoms with Crippen molar-refractivity contribution in [3.63, 3.8) is 0 Å². The van der Waals surface area contributed by atoms with Crippen molar-refractivity contribution in [2.24, 2.45) is 0 Å². The van der Waals surface area contributed by atoms with Crippen LogP contribution in [0.25, 0.3) is 5.65 Å². The molecule has 1 aromatic carbocycles. The standard InChI is InChI=1S/C16H16F2N4O/c17-14(18)11-21(9-12-4-2-1-3-5-12)10-13-8-16(23)22-15(20-13)6-7-19-22/h1-8,14,19H,9-11H2. The van der Waals surface area contributed by atoms with Crippen molar-refractivity contribution in [1.29, 1.82) is 0 Å². The van der Waals surface area contributed by atoms with E-state index in [0.29, 0.717) is 17.9 Å². The zero-order chi connectivity index (χ0) is 16.2. The third-order valence-electron chi connectivity index (χ3n) is 3.46. The Morgan fingerprint density at radius 2 is 1.96 bits per heavy atom. The van der Waals surface area contributed by atoms with Crippen molar-refractivity contribution >= 4 is 5.65 Å². The van der Waals surface area contributed by atoms with Crippen LogP contribution in [0.5, 0.6) is 0 Å². The van der Waals surface area contributed by atoms with E-state index < -0.39 is 6.43 Å². The number of alkyl halides is 2. The van der Waals surface area contributed by atoms with Gasteiger partial charge < -0.3 is 0 Å². The molecule has 0 atom stereocenters. The number of aromatic nitrogens is 3. The van der Waals surface area contributed by atoms with Crippen LogP contribution in [0.1, 0.15) is 11.3 Å². The Bertz CT molecular complexity index is 829. The lowest BCUT2D eigenvalue weighted by molar-refractivity contribution is 0.0803. The van der Waals surface area contributed by atoms with E-state index in [4.69, 9.17) is 0 Å². The summed E-state index contributed by atoms with van der Waals surface area (Å²) in [5.41, 5.74) is 1.63. The highest BCUT2D eigenvalue weighted by molar-refractivity contribution is 5.36. The van der Waals surface area contributed by atoms with Gasteiger partial charge in [0.05, 0.1) is 12.2 Å². The summed E-state index contributed by atoms with van der Waals surface area (Å²) in [4.78, 5) is 17.9. The fourth-order valence-corrected chi connectivity index (χ4v) is 2.51. The Morgan fingerprint density at radius 1 is 1.17 bits per heavy atom. The zero-order valence-corrected chi connectivity index (χ0v) is 12.3. The Balaban J connectivity index is 1.82. The number of benzene rings is 1. The summed E-state index contributed by atoms with van der Waals surface area (Å²) in [6.45, 7) is 0.193. The van der Waals surface area contributed by atoms with Gasteiger partial charge >= 0.3 is 0 Å². The maximum atomic E-state index is 12.8. The van der Waals surface area contributed by atoms with Gasteiger partial charge in [0.2, 0.25) is 0 Å². The molecule has 120 valence electrons. The van der Waals surface area contributed by atoms with Crippen molar-refractivity contribution in [1.82, 2.24) is 19.5 Å². The predicted octanol–water partition coefficient (Wildman–Crippen LogP) is 2.29. The molecule has 3 aromatic rings. The van der Waals surface area contributed by atoms with Gasteiger partial charge in [-0.1, -0.05) is 30.3 Å². The van der Waals surface area contributed by atoms with Crippen LogP contribution in [0.15, 0.2) is 53.5 Å². The summed E-state index contributed by atoms with van der Waals surface area (Å²) in [5.74, 6) is 0. The first-order chi connectivity index (χ1) is 11.1. The second kappa shape index (κ2) is 6.70. The van der Waals surface area contributed by atoms with Crippen LogP contribution in [-0.4, -0.2) is 32.5 Å². The number of rotatable bonds is 6. The first kappa shape index (κ1) is 15.4. The molecule has 2 heterocycles. The van der Waals surface area contributed by atoms with Crippen LogP contribution in [0.3, 0.4) is 0 Å². The quantitative estimate of drug-likeness (QED) is 0.759. The van der Waals surface area contributed by atoms with E-state index in [0.717, 1.165) is 5.56 Å². The minimum atomic E-state index is -2.45. The maximum Gasteiger partial charge on any atom is 0.272 e. The number of H-pyrrole nitrogens is 1. The molecule has 5 nitrogen and oxygen atoms in total. The second-order valence-electron chi connectivity index (χ2n) is 5.29. The largest absolute Gasteiger partial charge is 0.297 e. The Hall–Kier alpha value is -2.54. The molecular weight excluding hydrogens is 302 g/mol. The number of hydrogen-bond donors (Lipinski definition) is 1. The number of nitrogens with one attached hydrogen (secondary N) is 1. The third kappa shape index (κ3) is 3.81. The van der Waals surface area contributed by atoms with Crippen molar-refractivity contribution in [3.05, 3.63) is 70.3 Å². The van der Waals surface area contributed by atoms with Gasteiger partial charge in [-0.3, -0.25) is 14.8 Å². The minimum Gasteiger partial charge on any atom is -0.297 e. The first-order valence-electron chi connectivity index (χ1n) is 7.22. The molecule has 0 saturated carbocycles. The van der Waals surface area contributed by atoms with Gasteiger partial charge in [-0.25, -0.2) is 18.3 Å². The van der Waals surface area contributed by atoms with E-state index >= 15 is 0 Å². The van der Waals surface area contributed by atoms with E-state index in [9.17, 15) is 13.6 Å². The highest BCUT2D eigenvalue weighted by atomic mass is 19.3. The van der Waals surface area contributed by atoms with Crippen LogP contribution in [-0.2, 0) is 13.1 Å². The summed E-state index contributed by atoms with van der Waals surface area (Å²) < 4.78 is 27.0. The van der Waals surface area contributed by atoms with Gasteiger partial charge in [-0.05, 0) is 5.56 Å². The molecule has 0 bridgehead atoms. The Kier molecular flexibility index (Phi) is 4.47. The number of fused-ring (bicyclic) bond motifs is 1. The molecule has 0 aliphatic rings. The SMILES string of the molecule is O=c1cc(CN(Cc2ccccc2)CC(F)F)nc2cc[nH]n12. The molecule has 0 fully saturated rings. The summed E-state index contributed by atoms with van der Waals surface area (Å²) >= 11 is 0. The van der Waals surface area contributed by atoms with Gasteiger partial charge in [0.25, 0.3) is 12.0 Å². The van der Waals surface area contributed by atoms with E-state index in [1.165, 1.54) is 10.6 Å². The third-order valence-corrected chi connectivity index (χ3v) is 3.46. The molecular formula is C16H16F2N4O. The predicted molar refractivity (Wildman–Crippen MR) is 82.4 cm³/mol. The summed E-state index contributed by atoms with van der Waals surface area (Å²) in [6.07, 6.45) is -0.843. The van der Waals surface area contributed by atoms with Crippen molar-refractivity contribution in [2.75, 3.05) is 6.54 Å². The summed E-state index contributed by atoms with van der Waals surface area (Å²) in [7, 11) is 0. The summed E-state index contributed by atoms with van der Waals surface area (Å²) in [5, 5.41) is 2.75. The van der Waals surface area contributed by atoms with Crippen molar-refractivity contribution in [3.8, 4) is 0 Å².